The highest BCUT2D eigenvalue weighted by atomic mass is 16.6. The molecular weight excluding hydrogens is 372 g/mol. The van der Waals surface area contributed by atoms with Gasteiger partial charge in [-0.25, -0.2) is 0 Å². The number of hydrogen-bond acceptors (Lipinski definition) is 5. The highest BCUT2D eigenvalue weighted by Crippen LogP contribution is 2.33. The monoisotopic (exact) mass is 390 g/mol. The van der Waals surface area contributed by atoms with Crippen LogP contribution >= 0.6 is 0 Å². The van der Waals surface area contributed by atoms with Crippen molar-refractivity contribution in [3.05, 3.63) is 83.2 Å². The fraction of sp³-hybridized carbons (Fsp3) is 0.136. The average molecular weight is 390 g/mol. The van der Waals surface area contributed by atoms with Gasteiger partial charge in [-0.2, -0.15) is 0 Å². The van der Waals surface area contributed by atoms with Crippen molar-refractivity contribution >= 4 is 17.5 Å². The van der Waals surface area contributed by atoms with Gasteiger partial charge in [-0.05, 0) is 30.3 Å². The van der Waals surface area contributed by atoms with E-state index in [1.54, 1.807) is 60.9 Å². The lowest BCUT2D eigenvalue weighted by Gasteiger charge is -2.20. The summed E-state index contributed by atoms with van der Waals surface area (Å²) in [6.07, 6.45) is 3.29. The molecule has 2 N–H and O–H groups in total. The molecule has 0 unspecified atom stereocenters. The lowest BCUT2D eigenvalue weighted by Crippen LogP contribution is -2.30. The Morgan fingerprint density at radius 1 is 0.897 bits per heavy atom. The van der Waals surface area contributed by atoms with E-state index in [2.05, 4.69) is 10.3 Å². The highest BCUT2D eigenvalue weighted by Gasteiger charge is 2.21. The second-order valence-electron chi connectivity index (χ2n) is 6.44. The zero-order valence-electron chi connectivity index (χ0n) is 15.4. The van der Waals surface area contributed by atoms with Crippen LogP contribution in [0.4, 0.5) is 0 Å². The summed E-state index contributed by atoms with van der Waals surface area (Å²) in [6, 6.07) is 13.1. The van der Waals surface area contributed by atoms with E-state index in [0.717, 1.165) is 0 Å². The summed E-state index contributed by atoms with van der Waals surface area (Å²) < 4.78 is 11.0. The minimum absolute atomic E-state index is 0.135. The van der Waals surface area contributed by atoms with Gasteiger partial charge in [-0.3, -0.25) is 14.4 Å². The van der Waals surface area contributed by atoms with Gasteiger partial charge in [0.1, 0.15) is 13.2 Å². The summed E-state index contributed by atoms with van der Waals surface area (Å²) in [5, 5.41) is 2.61. The van der Waals surface area contributed by atoms with E-state index in [1.165, 1.54) is 0 Å². The molecule has 1 amide bonds. The molecule has 1 aromatic heterocycles. The Bertz CT molecular complexity index is 1060. The maximum Gasteiger partial charge on any atom is 0.251 e. The first-order chi connectivity index (χ1) is 14.1. The van der Waals surface area contributed by atoms with E-state index in [9.17, 15) is 14.4 Å². The first-order valence-corrected chi connectivity index (χ1v) is 9.11. The topological polar surface area (TPSA) is 97.5 Å². The van der Waals surface area contributed by atoms with E-state index in [1.807, 2.05) is 0 Å². The third-order valence-corrected chi connectivity index (χ3v) is 4.55. The van der Waals surface area contributed by atoms with Gasteiger partial charge in [0.05, 0.1) is 12.1 Å². The van der Waals surface area contributed by atoms with Crippen molar-refractivity contribution < 1.29 is 23.9 Å². The van der Waals surface area contributed by atoms with Crippen LogP contribution in [0.3, 0.4) is 0 Å². The van der Waals surface area contributed by atoms with Crippen molar-refractivity contribution in [2.24, 2.45) is 0 Å². The van der Waals surface area contributed by atoms with E-state index >= 15 is 0 Å². The van der Waals surface area contributed by atoms with Crippen LogP contribution in [0, 0.1) is 0 Å². The summed E-state index contributed by atoms with van der Waals surface area (Å²) >= 11 is 0. The minimum Gasteiger partial charge on any atom is -0.486 e. The summed E-state index contributed by atoms with van der Waals surface area (Å²) in [4.78, 5) is 40.0. The number of benzene rings is 2. The molecule has 0 saturated heterocycles. The van der Waals surface area contributed by atoms with Gasteiger partial charge in [0, 0.05) is 29.1 Å². The number of ether oxygens (including phenoxy) is 2. The average Bonchev–Trinajstić information content (AvgIpc) is 3.31. The molecule has 1 aliphatic rings. The molecule has 7 heteroatoms. The zero-order chi connectivity index (χ0) is 20.2. The number of fused-ring (bicyclic) bond motifs is 1. The van der Waals surface area contributed by atoms with Crippen molar-refractivity contribution in [3.8, 4) is 11.5 Å². The normalized spacial score (nSPS) is 12.3. The van der Waals surface area contributed by atoms with E-state index in [0.29, 0.717) is 47.0 Å². The van der Waals surface area contributed by atoms with Gasteiger partial charge in [0.15, 0.2) is 23.1 Å². The largest absolute Gasteiger partial charge is 0.486 e. The first kappa shape index (κ1) is 18.5. The van der Waals surface area contributed by atoms with Crippen LogP contribution in [0.25, 0.3) is 0 Å². The number of ketones is 2. The van der Waals surface area contributed by atoms with Crippen LogP contribution in [0.1, 0.15) is 36.6 Å². The number of amides is 1. The Balaban J connectivity index is 1.40. The molecule has 0 aliphatic carbocycles. The molecule has 0 saturated carbocycles. The summed E-state index contributed by atoms with van der Waals surface area (Å²) in [7, 11) is 0. The number of aromatic nitrogens is 1. The molecule has 0 atom stereocenters. The number of aromatic amines is 1. The molecule has 146 valence electrons. The van der Waals surface area contributed by atoms with Crippen molar-refractivity contribution in [2.75, 3.05) is 19.8 Å². The maximum atomic E-state index is 12.5. The molecule has 0 bridgehead atoms. The quantitative estimate of drug-likeness (QED) is 0.631. The molecule has 29 heavy (non-hydrogen) atoms. The standard InChI is InChI=1S/C22H18N2O5/c25-18(17-2-1-3-19-21(17)29-11-10-28-19)13-24-22(27)15-6-4-14(5-7-15)20(26)16-8-9-23-12-16/h1-9,12,23H,10-11,13H2,(H,24,27). The Morgan fingerprint density at radius 2 is 1.66 bits per heavy atom. The molecule has 0 spiro atoms. The molecule has 0 radical (unpaired) electrons. The van der Waals surface area contributed by atoms with Crippen LogP contribution in [0.5, 0.6) is 11.5 Å². The molecule has 4 rings (SSSR count). The number of rotatable bonds is 6. The predicted molar refractivity (Wildman–Crippen MR) is 105 cm³/mol. The van der Waals surface area contributed by atoms with Gasteiger partial charge in [0.25, 0.3) is 5.91 Å². The fourth-order valence-corrected chi connectivity index (χ4v) is 3.06. The molecule has 3 aromatic rings. The second kappa shape index (κ2) is 8.02. The lowest BCUT2D eigenvalue weighted by molar-refractivity contribution is 0.0899. The van der Waals surface area contributed by atoms with Gasteiger partial charge in [-0.15, -0.1) is 0 Å². The van der Waals surface area contributed by atoms with E-state index < -0.39 is 5.91 Å². The Hall–Kier alpha value is -3.87. The van der Waals surface area contributed by atoms with Crippen molar-refractivity contribution in [3.63, 3.8) is 0 Å². The Kier molecular flexibility index (Phi) is 5.11. The summed E-state index contributed by atoms with van der Waals surface area (Å²) in [5.74, 6) is 0.118. The van der Waals surface area contributed by atoms with Crippen LogP contribution in [0.2, 0.25) is 0 Å². The third-order valence-electron chi connectivity index (χ3n) is 4.55. The predicted octanol–water partition coefficient (Wildman–Crippen LogP) is 2.63. The van der Waals surface area contributed by atoms with Crippen LogP contribution < -0.4 is 14.8 Å². The van der Waals surface area contributed by atoms with Crippen molar-refractivity contribution in [1.29, 1.82) is 0 Å². The number of para-hydroxylation sites is 1. The molecule has 7 nitrogen and oxygen atoms in total. The fourth-order valence-electron chi connectivity index (χ4n) is 3.06. The van der Waals surface area contributed by atoms with Crippen LogP contribution in [-0.2, 0) is 0 Å². The molecule has 2 aromatic carbocycles. The van der Waals surface area contributed by atoms with Crippen molar-refractivity contribution in [1.82, 2.24) is 10.3 Å². The smallest absolute Gasteiger partial charge is 0.251 e. The number of nitrogens with one attached hydrogen (secondary N) is 2. The first-order valence-electron chi connectivity index (χ1n) is 9.11. The third kappa shape index (κ3) is 3.89. The number of hydrogen-bond donors (Lipinski definition) is 2. The van der Waals surface area contributed by atoms with Gasteiger partial charge in [-0.1, -0.05) is 18.2 Å². The highest BCUT2D eigenvalue weighted by molar-refractivity contribution is 6.09. The Morgan fingerprint density at radius 3 is 2.41 bits per heavy atom. The van der Waals surface area contributed by atoms with Gasteiger partial charge >= 0.3 is 0 Å². The molecule has 0 fully saturated rings. The Labute approximate surface area is 166 Å². The number of Topliss-reactive ketones (excluding diaryl/α,β-unsaturated/α-hetero) is 1. The molecular formula is C22H18N2O5. The van der Waals surface area contributed by atoms with Gasteiger partial charge < -0.3 is 19.8 Å². The van der Waals surface area contributed by atoms with Crippen LogP contribution in [-0.4, -0.2) is 42.2 Å². The minimum atomic E-state index is -0.402. The van der Waals surface area contributed by atoms with E-state index in [-0.39, 0.29) is 18.1 Å². The number of carbonyl (C=O) groups excluding carboxylic acids is 3. The van der Waals surface area contributed by atoms with E-state index in [4.69, 9.17) is 9.47 Å². The second-order valence-corrected chi connectivity index (χ2v) is 6.44. The lowest BCUT2D eigenvalue weighted by atomic mass is 10.0. The summed E-state index contributed by atoms with van der Waals surface area (Å²) in [6.45, 7) is 0.629. The van der Waals surface area contributed by atoms with Gasteiger partial charge in [0.2, 0.25) is 0 Å². The SMILES string of the molecule is O=C(NCC(=O)c1cccc2c1OCCO2)c1ccc(C(=O)c2cc[nH]c2)cc1. The maximum absolute atomic E-state index is 12.5. The van der Waals surface area contributed by atoms with Crippen molar-refractivity contribution in [2.45, 2.75) is 0 Å². The molecule has 2 heterocycles. The van der Waals surface area contributed by atoms with Crippen LogP contribution in [0.15, 0.2) is 60.9 Å². The molecule has 1 aliphatic heterocycles. The summed E-state index contributed by atoms with van der Waals surface area (Å²) in [5.41, 5.74) is 1.75. The zero-order valence-corrected chi connectivity index (χ0v) is 15.4. The number of H-pyrrole nitrogens is 1. The number of carbonyl (C=O) groups is 3.